The summed E-state index contributed by atoms with van der Waals surface area (Å²) in [6.45, 7) is 1.42. The summed E-state index contributed by atoms with van der Waals surface area (Å²) in [5.41, 5.74) is 1.58. The zero-order chi connectivity index (χ0) is 19.7. The Balaban J connectivity index is 2.28. The van der Waals surface area contributed by atoms with Crippen molar-refractivity contribution in [3.8, 4) is 11.5 Å². The summed E-state index contributed by atoms with van der Waals surface area (Å²) in [5, 5.41) is 0. The van der Waals surface area contributed by atoms with Gasteiger partial charge in [-0.25, -0.2) is 9.18 Å². The van der Waals surface area contributed by atoms with Crippen molar-refractivity contribution >= 4 is 27.7 Å². The van der Waals surface area contributed by atoms with Gasteiger partial charge < -0.3 is 23.2 Å². The lowest BCUT2D eigenvalue weighted by Gasteiger charge is -2.16. The molecule has 2 aromatic rings. The molecule has 0 spiro atoms. The predicted octanol–water partition coefficient (Wildman–Crippen LogP) is 3.70. The van der Waals surface area contributed by atoms with Gasteiger partial charge in [0.25, 0.3) is 0 Å². The maximum atomic E-state index is 14.5. The molecule has 0 atom stereocenters. The number of aryl methyl sites for hydroxylation is 1. The number of carbonyl (C=O) groups is 1. The number of esters is 1. The molecule has 1 heterocycles. The Hall–Kier alpha value is -2.87. The van der Waals surface area contributed by atoms with Gasteiger partial charge in [0, 0.05) is 5.57 Å². The van der Waals surface area contributed by atoms with Crippen LogP contribution in [0.15, 0.2) is 35.2 Å². The first kappa shape index (κ1) is 18.9. The van der Waals surface area contributed by atoms with E-state index in [2.05, 4.69) is 0 Å². The standard InChI is InChI=1S/C19H17FNO5S/c1-10-4-6-12(18(17(10)20)27(21)23)13-9-26-19(22)16(13)11-5-7-14(24-2)15(8-11)25-3/h4-8,21H,9H2,1-3H3/q-1. The van der Waals surface area contributed by atoms with E-state index < -0.39 is 22.4 Å². The molecule has 0 aliphatic carbocycles. The van der Waals surface area contributed by atoms with E-state index in [0.717, 1.165) is 0 Å². The number of carbonyl (C=O) groups excluding carboxylic acids is 1. The first-order chi connectivity index (χ1) is 12.9. The van der Waals surface area contributed by atoms with Gasteiger partial charge in [0.2, 0.25) is 0 Å². The Morgan fingerprint density at radius 2 is 1.85 bits per heavy atom. The average Bonchev–Trinajstić information content (AvgIpc) is 3.04. The molecule has 0 radical (unpaired) electrons. The molecule has 142 valence electrons. The third-order valence-corrected chi connectivity index (χ3v) is 5.10. The zero-order valence-electron chi connectivity index (χ0n) is 14.9. The molecule has 0 amide bonds. The van der Waals surface area contributed by atoms with Crippen LogP contribution < -0.4 is 9.47 Å². The van der Waals surface area contributed by atoms with Crippen LogP contribution in [0.3, 0.4) is 0 Å². The lowest BCUT2D eigenvalue weighted by molar-refractivity contribution is -0.133. The van der Waals surface area contributed by atoms with Gasteiger partial charge in [0.05, 0.1) is 19.8 Å². The number of halogens is 1. The Morgan fingerprint density at radius 1 is 1.15 bits per heavy atom. The highest BCUT2D eigenvalue weighted by Crippen LogP contribution is 2.39. The minimum Gasteiger partial charge on any atom is -0.493 e. The van der Waals surface area contributed by atoms with Crippen LogP contribution in [-0.2, 0) is 24.3 Å². The molecule has 8 heteroatoms. The first-order valence-corrected chi connectivity index (χ1v) is 9.09. The summed E-state index contributed by atoms with van der Waals surface area (Å²) in [6, 6.07) is 7.98. The van der Waals surface area contributed by atoms with Gasteiger partial charge in [0.15, 0.2) is 11.5 Å². The highest BCUT2D eigenvalue weighted by molar-refractivity contribution is 7.73. The van der Waals surface area contributed by atoms with Crippen LogP contribution in [0.1, 0.15) is 16.7 Å². The molecule has 6 nitrogen and oxygen atoms in total. The van der Waals surface area contributed by atoms with Gasteiger partial charge >= 0.3 is 5.97 Å². The molecule has 0 bridgehead atoms. The van der Waals surface area contributed by atoms with E-state index in [0.29, 0.717) is 22.6 Å². The molecular weight excluding hydrogens is 373 g/mol. The van der Waals surface area contributed by atoms with Crippen LogP contribution in [0.25, 0.3) is 11.1 Å². The highest BCUT2D eigenvalue weighted by atomic mass is 32.2. The van der Waals surface area contributed by atoms with Crippen LogP contribution in [0.4, 0.5) is 4.39 Å². The quantitative estimate of drug-likeness (QED) is 0.621. The van der Waals surface area contributed by atoms with Crippen molar-refractivity contribution in [3.63, 3.8) is 0 Å². The Bertz CT molecular complexity index is 1030. The predicted molar refractivity (Wildman–Crippen MR) is 97.5 cm³/mol. The maximum absolute atomic E-state index is 14.5. The van der Waals surface area contributed by atoms with E-state index in [9.17, 15) is 13.4 Å². The summed E-state index contributed by atoms with van der Waals surface area (Å²) >= 11 is 0. The fourth-order valence-electron chi connectivity index (χ4n) is 2.97. The smallest absolute Gasteiger partial charge is 0.339 e. The number of cyclic esters (lactones) is 1. The van der Waals surface area contributed by atoms with Crippen molar-refractivity contribution in [2.75, 3.05) is 20.8 Å². The number of ether oxygens (including phenoxy) is 3. The van der Waals surface area contributed by atoms with Crippen molar-refractivity contribution in [3.05, 3.63) is 52.8 Å². The molecule has 0 unspecified atom stereocenters. The lowest BCUT2D eigenvalue weighted by Crippen LogP contribution is -2.01. The van der Waals surface area contributed by atoms with Crippen molar-refractivity contribution < 1.29 is 27.6 Å². The van der Waals surface area contributed by atoms with E-state index >= 15 is 0 Å². The van der Waals surface area contributed by atoms with E-state index in [-0.39, 0.29) is 28.2 Å². The number of hydrogen-bond donors (Lipinski definition) is 1. The van der Waals surface area contributed by atoms with Crippen LogP contribution >= 0.6 is 0 Å². The van der Waals surface area contributed by atoms with Gasteiger partial charge in [-0.1, -0.05) is 23.1 Å². The molecule has 2 aromatic carbocycles. The molecule has 0 aromatic heterocycles. The van der Waals surface area contributed by atoms with E-state index in [1.165, 1.54) is 27.2 Å². The van der Waals surface area contributed by atoms with Crippen molar-refractivity contribution in [2.24, 2.45) is 0 Å². The minimum atomic E-state index is -2.32. The van der Waals surface area contributed by atoms with Crippen LogP contribution in [-0.4, -0.2) is 26.8 Å². The number of nitrogens with one attached hydrogen (secondary N) is 1. The van der Waals surface area contributed by atoms with E-state index in [4.69, 9.17) is 19.0 Å². The lowest BCUT2D eigenvalue weighted by atomic mass is 9.95. The SMILES string of the molecule is COc1ccc(C2=C(c3ccc(C)c(F)c3[S-](=N)=O)COC2=O)cc1OC. The van der Waals surface area contributed by atoms with Crippen molar-refractivity contribution in [1.29, 1.82) is 4.78 Å². The number of methoxy groups -OCH3 is 2. The molecule has 0 saturated carbocycles. The second-order valence-corrected chi connectivity index (χ2v) is 6.79. The van der Waals surface area contributed by atoms with Crippen molar-refractivity contribution in [2.45, 2.75) is 11.8 Å². The monoisotopic (exact) mass is 390 g/mol. The van der Waals surface area contributed by atoms with Crippen LogP contribution in [0.5, 0.6) is 11.5 Å². The number of rotatable bonds is 5. The summed E-state index contributed by atoms with van der Waals surface area (Å²) in [6.07, 6.45) is 0. The average molecular weight is 390 g/mol. The fraction of sp³-hybridized carbons (Fsp3) is 0.211. The number of hydrogen-bond acceptors (Lipinski definition) is 7. The fourth-order valence-corrected chi connectivity index (χ4v) is 3.69. The molecular formula is C19H17FNO5S-. The molecule has 3 rings (SSSR count). The zero-order valence-corrected chi connectivity index (χ0v) is 15.7. The Kier molecular flexibility index (Phi) is 5.18. The van der Waals surface area contributed by atoms with Crippen molar-refractivity contribution in [1.82, 2.24) is 0 Å². The Labute approximate surface area is 157 Å². The maximum Gasteiger partial charge on any atom is 0.339 e. The molecule has 27 heavy (non-hydrogen) atoms. The summed E-state index contributed by atoms with van der Waals surface area (Å²) in [4.78, 5) is 12.1. The largest absolute Gasteiger partial charge is 0.493 e. The van der Waals surface area contributed by atoms with Gasteiger partial charge in [-0.3, -0.25) is 0 Å². The molecule has 1 aliphatic heterocycles. The van der Waals surface area contributed by atoms with E-state index in [1.807, 2.05) is 0 Å². The molecule has 0 saturated heterocycles. The minimum absolute atomic E-state index is 0.102. The van der Waals surface area contributed by atoms with Gasteiger partial charge in [-0.2, -0.15) is 10.6 Å². The van der Waals surface area contributed by atoms with Crippen LogP contribution in [0, 0.1) is 17.5 Å². The first-order valence-electron chi connectivity index (χ1n) is 7.94. The van der Waals surface area contributed by atoms with Gasteiger partial charge in [-0.15, -0.1) is 0 Å². The van der Waals surface area contributed by atoms with Crippen LogP contribution in [0.2, 0.25) is 0 Å². The topological polar surface area (TPSA) is 85.7 Å². The summed E-state index contributed by atoms with van der Waals surface area (Å²) in [5.74, 6) is -0.399. The third-order valence-electron chi connectivity index (χ3n) is 4.33. The summed E-state index contributed by atoms with van der Waals surface area (Å²) < 4.78 is 49.5. The van der Waals surface area contributed by atoms with Gasteiger partial charge in [-0.05, 0) is 35.7 Å². The second kappa shape index (κ2) is 7.40. The normalized spacial score (nSPS) is 13.9. The molecule has 0 fully saturated rings. The summed E-state index contributed by atoms with van der Waals surface area (Å²) in [7, 11) is 0.647. The Morgan fingerprint density at radius 3 is 2.48 bits per heavy atom. The van der Waals surface area contributed by atoms with Gasteiger partial charge in [0.1, 0.15) is 12.4 Å². The molecule has 1 N–H and O–H groups in total. The van der Waals surface area contributed by atoms with E-state index in [1.54, 1.807) is 24.3 Å². The highest BCUT2D eigenvalue weighted by Gasteiger charge is 2.29. The second-order valence-electron chi connectivity index (χ2n) is 5.84. The number of benzene rings is 2. The molecule has 1 aliphatic rings. The third kappa shape index (κ3) is 3.28.